The Hall–Kier alpha value is -2.20. The Morgan fingerprint density at radius 1 is 1.45 bits per heavy atom. The van der Waals surface area contributed by atoms with Crippen LogP contribution in [0.2, 0.25) is 0 Å². The first kappa shape index (κ1) is 14.2. The molecule has 0 radical (unpaired) electrons. The molecule has 0 unspecified atom stereocenters. The van der Waals surface area contributed by atoms with E-state index in [1.807, 2.05) is 6.07 Å². The van der Waals surface area contributed by atoms with Crippen molar-refractivity contribution in [2.45, 2.75) is 12.6 Å². The fourth-order valence-corrected chi connectivity index (χ4v) is 2.97. The van der Waals surface area contributed by atoms with Crippen molar-refractivity contribution in [3.05, 3.63) is 35.4 Å². The lowest BCUT2D eigenvalue weighted by Crippen LogP contribution is -2.46. The lowest BCUT2D eigenvalue weighted by molar-refractivity contribution is -0.140. The molecule has 1 fully saturated rings. The van der Waals surface area contributed by atoms with Crippen LogP contribution in [0.1, 0.15) is 11.1 Å². The van der Waals surface area contributed by atoms with Crippen molar-refractivity contribution in [2.75, 3.05) is 11.6 Å². The standard InChI is InChI=1S/C13H13N3O3S/c14-5-9-1-3-10(4-2-9)6-15-13(19)16-8-20-7-11(16)12(17)18/h1-4,11H,6-8H2,(H,15,19)(H,17,18)/t11-/m0/s1. The number of nitrogens with zero attached hydrogens (tertiary/aromatic N) is 2. The summed E-state index contributed by atoms with van der Waals surface area (Å²) in [5, 5.41) is 20.4. The van der Waals surface area contributed by atoms with E-state index in [4.69, 9.17) is 10.4 Å². The Morgan fingerprint density at radius 3 is 2.75 bits per heavy atom. The van der Waals surface area contributed by atoms with E-state index in [9.17, 15) is 9.59 Å². The maximum absolute atomic E-state index is 11.9. The second kappa shape index (κ2) is 6.30. The first-order valence-corrected chi connectivity index (χ1v) is 7.11. The molecule has 7 heteroatoms. The van der Waals surface area contributed by atoms with Gasteiger partial charge in [0.05, 0.1) is 17.5 Å². The fourth-order valence-electron chi connectivity index (χ4n) is 1.82. The van der Waals surface area contributed by atoms with Gasteiger partial charge in [-0.3, -0.25) is 0 Å². The van der Waals surface area contributed by atoms with Gasteiger partial charge in [0, 0.05) is 12.3 Å². The van der Waals surface area contributed by atoms with E-state index in [2.05, 4.69) is 5.32 Å². The lowest BCUT2D eigenvalue weighted by Gasteiger charge is -2.20. The third-order valence-corrected chi connectivity index (χ3v) is 3.97. The third-order valence-electron chi connectivity index (χ3n) is 2.96. The number of urea groups is 1. The predicted octanol–water partition coefficient (Wildman–Crippen LogP) is 1.23. The molecule has 0 bridgehead atoms. The average Bonchev–Trinajstić information content (AvgIpc) is 2.95. The second-order valence-corrected chi connectivity index (χ2v) is 5.29. The van der Waals surface area contributed by atoms with Gasteiger partial charge >= 0.3 is 12.0 Å². The van der Waals surface area contributed by atoms with Crippen molar-refractivity contribution in [3.63, 3.8) is 0 Å². The average molecular weight is 291 g/mol. The number of amides is 2. The lowest BCUT2D eigenvalue weighted by atomic mass is 10.1. The van der Waals surface area contributed by atoms with Gasteiger partial charge in [-0.15, -0.1) is 11.8 Å². The van der Waals surface area contributed by atoms with Crippen molar-refractivity contribution >= 4 is 23.8 Å². The monoisotopic (exact) mass is 291 g/mol. The van der Waals surface area contributed by atoms with Crippen LogP contribution in [0.4, 0.5) is 4.79 Å². The molecule has 0 spiro atoms. The van der Waals surface area contributed by atoms with E-state index in [-0.39, 0.29) is 6.03 Å². The Bertz CT molecular complexity index is 553. The van der Waals surface area contributed by atoms with Crippen molar-refractivity contribution in [1.29, 1.82) is 5.26 Å². The van der Waals surface area contributed by atoms with Crippen molar-refractivity contribution in [2.24, 2.45) is 0 Å². The normalized spacial score (nSPS) is 17.6. The summed E-state index contributed by atoms with van der Waals surface area (Å²) in [5.41, 5.74) is 1.41. The molecule has 0 aliphatic carbocycles. The van der Waals surface area contributed by atoms with Crippen LogP contribution >= 0.6 is 11.8 Å². The summed E-state index contributed by atoms with van der Waals surface area (Å²) in [6, 6.07) is 7.73. The van der Waals surface area contributed by atoms with E-state index < -0.39 is 12.0 Å². The highest BCUT2D eigenvalue weighted by atomic mass is 32.2. The molecule has 104 valence electrons. The van der Waals surface area contributed by atoms with Crippen LogP contribution in [-0.4, -0.2) is 39.7 Å². The number of nitrogens with one attached hydrogen (secondary N) is 1. The zero-order valence-corrected chi connectivity index (χ0v) is 11.4. The van der Waals surface area contributed by atoms with Crippen molar-refractivity contribution in [3.8, 4) is 6.07 Å². The third kappa shape index (κ3) is 3.22. The molecular formula is C13H13N3O3S. The number of thioether (sulfide) groups is 1. The molecule has 1 aromatic rings. The quantitative estimate of drug-likeness (QED) is 0.873. The van der Waals surface area contributed by atoms with Crippen molar-refractivity contribution in [1.82, 2.24) is 10.2 Å². The van der Waals surface area contributed by atoms with Crippen molar-refractivity contribution < 1.29 is 14.7 Å². The van der Waals surface area contributed by atoms with Crippen LogP contribution < -0.4 is 5.32 Å². The van der Waals surface area contributed by atoms with Gasteiger partial charge in [-0.2, -0.15) is 5.26 Å². The second-order valence-electron chi connectivity index (χ2n) is 4.29. The van der Waals surface area contributed by atoms with Gasteiger partial charge in [-0.1, -0.05) is 12.1 Å². The number of rotatable bonds is 3. The van der Waals surface area contributed by atoms with Gasteiger partial charge in [-0.05, 0) is 17.7 Å². The molecule has 1 aliphatic rings. The predicted molar refractivity (Wildman–Crippen MR) is 74.0 cm³/mol. The van der Waals surface area contributed by atoms with Crippen LogP contribution in [0.25, 0.3) is 0 Å². The Balaban J connectivity index is 1.91. The minimum atomic E-state index is -0.983. The van der Waals surface area contributed by atoms with E-state index in [1.54, 1.807) is 24.3 Å². The molecule has 20 heavy (non-hydrogen) atoms. The molecule has 6 nitrogen and oxygen atoms in total. The number of nitriles is 1. The summed E-state index contributed by atoms with van der Waals surface area (Å²) in [4.78, 5) is 24.3. The molecule has 1 heterocycles. The van der Waals surface area contributed by atoms with Crippen LogP contribution in [0.3, 0.4) is 0 Å². The van der Waals surface area contributed by atoms with Gasteiger partial charge in [0.25, 0.3) is 0 Å². The highest BCUT2D eigenvalue weighted by molar-refractivity contribution is 7.99. The van der Waals surface area contributed by atoms with Gasteiger partial charge in [0.2, 0.25) is 0 Å². The molecule has 2 rings (SSSR count). The summed E-state index contributed by atoms with van der Waals surface area (Å²) in [6.07, 6.45) is 0. The Labute approximate surface area is 120 Å². The number of carboxylic acids is 1. The molecule has 0 saturated carbocycles. The zero-order chi connectivity index (χ0) is 14.5. The smallest absolute Gasteiger partial charge is 0.327 e. The first-order chi connectivity index (χ1) is 9.61. The summed E-state index contributed by atoms with van der Waals surface area (Å²) < 4.78 is 0. The number of hydrogen-bond donors (Lipinski definition) is 2. The number of carbonyl (C=O) groups is 2. The van der Waals surface area contributed by atoms with Crippen LogP contribution in [-0.2, 0) is 11.3 Å². The summed E-state index contributed by atoms with van der Waals surface area (Å²) >= 11 is 1.42. The summed E-state index contributed by atoms with van der Waals surface area (Å²) in [5.74, 6) is -0.181. The number of carbonyl (C=O) groups excluding carboxylic acids is 1. The maximum Gasteiger partial charge on any atom is 0.327 e. The summed E-state index contributed by atoms with van der Waals surface area (Å²) in [6.45, 7) is 0.304. The summed E-state index contributed by atoms with van der Waals surface area (Å²) in [7, 11) is 0. The topological polar surface area (TPSA) is 93.4 Å². The molecule has 1 saturated heterocycles. The zero-order valence-electron chi connectivity index (χ0n) is 10.6. The van der Waals surface area contributed by atoms with Gasteiger partial charge < -0.3 is 15.3 Å². The molecule has 0 aromatic heterocycles. The molecule has 1 aromatic carbocycles. The van der Waals surface area contributed by atoms with Crippen LogP contribution in [0.5, 0.6) is 0 Å². The van der Waals surface area contributed by atoms with Crippen LogP contribution in [0.15, 0.2) is 24.3 Å². The van der Waals surface area contributed by atoms with Crippen LogP contribution in [0, 0.1) is 11.3 Å². The van der Waals surface area contributed by atoms with Gasteiger partial charge in [0.15, 0.2) is 0 Å². The fraction of sp³-hybridized carbons (Fsp3) is 0.308. The van der Waals surface area contributed by atoms with E-state index in [0.717, 1.165) is 5.56 Å². The minimum Gasteiger partial charge on any atom is -0.480 e. The SMILES string of the molecule is N#Cc1ccc(CNC(=O)N2CSC[C@H]2C(=O)O)cc1. The molecule has 2 amide bonds. The highest BCUT2D eigenvalue weighted by Crippen LogP contribution is 2.20. The number of hydrogen-bond acceptors (Lipinski definition) is 4. The first-order valence-electron chi connectivity index (χ1n) is 5.96. The highest BCUT2D eigenvalue weighted by Gasteiger charge is 2.34. The minimum absolute atomic E-state index is 0.304. The van der Waals surface area contributed by atoms with E-state index >= 15 is 0 Å². The van der Waals surface area contributed by atoms with Gasteiger partial charge in [0.1, 0.15) is 6.04 Å². The number of carboxylic acid groups (broad SMARTS) is 1. The molecular weight excluding hydrogens is 278 g/mol. The Kier molecular flexibility index (Phi) is 4.48. The largest absolute Gasteiger partial charge is 0.480 e. The Morgan fingerprint density at radius 2 is 2.15 bits per heavy atom. The number of benzene rings is 1. The van der Waals surface area contributed by atoms with E-state index in [0.29, 0.717) is 23.7 Å². The number of aliphatic carboxylic acids is 1. The molecule has 1 aliphatic heterocycles. The van der Waals surface area contributed by atoms with E-state index in [1.165, 1.54) is 16.7 Å². The van der Waals surface area contributed by atoms with Gasteiger partial charge in [-0.25, -0.2) is 9.59 Å². The molecule has 2 N–H and O–H groups in total. The molecule has 1 atom stereocenters. The maximum atomic E-state index is 11.9.